The van der Waals surface area contributed by atoms with Gasteiger partial charge in [-0.25, -0.2) is 5.43 Å². The molecule has 0 saturated heterocycles. The maximum absolute atomic E-state index is 12.1. The van der Waals surface area contributed by atoms with Gasteiger partial charge in [0.1, 0.15) is 0 Å². The number of anilines is 1. The van der Waals surface area contributed by atoms with Crippen molar-refractivity contribution in [1.29, 1.82) is 0 Å². The van der Waals surface area contributed by atoms with E-state index in [0.717, 1.165) is 28.3 Å². The van der Waals surface area contributed by atoms with Crippen molar-refractivity contribution >= 4 is 23.7 Å². The zero-order valence-electron chi connectivity index (χ0n) is 16.1. The van der Waals surface area contributed by atoms with Gasteiger partial charge >= 0.3 is 0 Å². The summed E-state index contributed by atoms with van der Waals surface area (Å²) in [5.74, 6) is -0.351. The third-order valence-electron chi connectivity index (χ3n) is 4.32. The molecule has 1 heterocycles. The molecule has 2 amide bonds. The van der Waals surface area contributed by atoms with Gasteiger partial charge in [-0.05, 0) is 56.3 Å². The Morgan fingerprint density at radius 3 is 2.32 bits per heavy atom. The molecule has 142 valence electrons. The highest BCUT2D eigenvalue weighted by Crippen LogP contribution is 2.21. The smallest absolute Gasteiger partial charge is 0.271 e. The predicted octanol–water partition coefficient (Wildman–Crippen LogP) is 3.82. The van der Waals surface area contributed by atoms with E-state index in [4.69, 9.17) is 0 Å². The monoisotopic (exact) mass is 374 g/mol. The van der Waals surface area contributed by atoms with Gasteiger partial charge in [-0.1, -0.05) is 18.2 Å². The topological polar surface area (TPSA) is 75.5 Å². The average molecular weight is 374 g/mol. The maximum Gasteiger partial charge on any atom is 0.271 e. The van der Waals surface area contributed by atoms with Crippen molar-refractivity contribution in [3.63, 3.8) is 0 Å². The quantitative estimate of drug-likeness (QED) is 0.526. The number of hydrogen-bond acceptors (Lipinski definition) is 3. The average Bonchev–Trinajstić information content (AvgIpc) is 2.96. The summed E-state index contributed by atoms with van der Waals surface area (Å²) in [6.45, 7) is 5.49. The second-order valence-electron chi connectivity index (χ2n) is 6.46. The molecule has 0 saturated carbocycles. The number of benzene rings is 2. The molecular formula is C22H22N4O2. The number of hydrogen-bond donors (Lipinski definition) is 2. The Bertz CT molecular complexity index is 1020. The van der Waals surface area contributed by atoms with E-state index in [9.17, 15) is 9.59 Å². The third kappa shape index (κ3) is 4.35. The molecule has 6 heteroatoms. The number of carbonyl (C=O) groups is 2. The number of aromatic nitrogens is 1. The van der Waals surface area contributed by atoms with Crippen LogP contribution in [0.4, 0.5) is 5.69 Å². The van der Waals surface area contributed by atoms with Gasteiger partial charge in [0, 0.05) is 40.8 Å². The standard InChI is InChI=1S/C22H22N4O2/c1-15-13-19(14-23-25-22(28)18-7-5-4-6-8-18)16(2)26(15)21-11-9-20(10-12-21)24-17(3)27/h4-14H,1-3H3,(H,24,27)(H,25,28)/b23-14+. The Kier molecular flexibility index (Phi) is 5.69. The van der Waals surface area contributed by atoms with Crippen LogP contribution in [0.15, 0.2) is 65.8 Å². The van der Waals surface area contributed by atoms with Crippen molar-refractivity contribution in [2.24, 2.45) is 5.10 Å². The molecule has 0 atom stereocenters. The lowest BCUT2D eigenvalue weighted by Gasteiger charge is -2.10. The number of nitrogens with zero attached hydrogens (tertiary/aromatic N) is 2. The molecule has 0 radical (unpaired) electrons. The second-order valence-corrected chi connectivity index (χ2v) is 6.46. The molecule has 2 aromatic carbocycles. The van der Waals surface area contributed by atoms with E-state index < -0.39 is 0 Å². The Morgan fingerprint density at radius 2 is 1.68 bits per heavy atom. The van der Waals surface area contributed by atoms with Crippen molar-refractivity contribution in [2.45, 2.75) is 20.8 Å². The Labute approximate surface area is 163 Å². The first-order chi connectivity index (χ1) is 13.5. The van der Waals surface area contributed by atoms with Gasteiger partial charge in [0.2, 0.25) is 5.91 Å². The maximum atomic E-state index is 12.1. The minimum atomic E-state index is -0.251. The highest BCUT2D eigenvalue weighted by molar-refractivity contribution is 5.95. The minimum absolute atomic E-state index is 0.0999. The number of hydrazone groups is 1. The van der Waals surface area contributed by atoms with Gasteiger partial charge in [-0.3, -0.25) is 9.59 Å². The summed E-state index contributed by atoms with van der Waals surface area (Å²) in [4.78, 5) is 23.2. The van der Waals surface area contributed by atoms with Crippen LogP contribution in [0.3, 0.4) is 0 Å². The number of carbonyl (C=O) groups excluding carboxylic acids is 2. The molecule has 0 bridgehead atoms. The van der Waals surface area contributed by atoms with Crippen LogP contribution in [0.1, 0.15) is 34.2 Å². The highest BCUT2D eigenvalue weighted by atomic mass is 16.2. The fourth-order valence-electron chi connectivity index (χ4n) is 3.03. The Hall–Kier alpha value is -3.67. The first-order valence-electron chi connectivity index (χ1n) is 8.91. The molecule has 0 fully saturated rings. The summed E-state index contributed by atoms with van der Waals surface area (Å²) >= 11 is 0. The van der Waals surface area contributed by atoms with Gasteiger partial charge < -0.3 is 9.88 Å². The van der Waals surface area contributed by atoms with Crippen LogP contribution in [-0.4, -0.2) is 22.6 Å². The van der Waals surface area contributed by atoms with Gasteiger partial charge in [-0.15, -0.1) is 0 Å². The molecule has 0 aliphatic rings. The summed E-state index contributed by atoms with van der Waals surface area (Å²) in [7, 11) is 0. The summed E-state index contributed by atoms with van der Waals surface area (Å²) in [6, 6.07) is 18.6. The van der Waals surface area contributed by atoms with Crippen LogP contribution in [0, 0.1) is 13.8 Å². The summed E-state index contributed by atoms with van der Waals surface area (Å²) in [5.41, 5.74) is 7.80. The first kappa shape index (κ1) is 19.1. The summed E-state index contributed by atoms with van der Waals surface area (Å²) in [6.07, 6.45) is 1.64. The molecule has 0 aliphatic heterocycles. The van der Waals surface area contributed by atoms with Crippen LogP contribution < -0.4 is 10.7 Å². The van der Waals surface area contributed by atoms with Crippen LogP contribution in [0.2, 0.25) is 0 Å². The number of aryl methyl sites for hydroxylation is 1. The van der Waals surface area contributed by atoms with E-state index >= 15 is 0 Å². The lowest BCUT2D eigenvalue weighted by Crippen LogP contribution is -2.17. The fraction of sp³-hybridized carbons (Fsp3) is 0.136. The van der Waals surface area contributed by atoms with Crippen LogP contribution in [-0.2, 0) is 4.79 Å². The van der Waals surface area contributed by atoms with Crippen LogP contribution in [0.25, 0.3) is 5.69 Å². The minimum Gasteiger partial charge on any atom is -0.326 e. The highest BCUT2D eigenvalue weighted by Gasteiger charge is 2.10. The largest absolute Gasteiger partial charge is 0.326 e. The molecule has 28 heavy (non-hydrogen) atoms. The molecule has 1 aromatic heterocycles. The van der Waals surface area contributed by atoms with E-state index in [-0.39, 0.29) is 11.8 Å². The lowest BCUT2D eigenvalue weighted by molar-refractivity contribution is -0.114. The summed E-state index contributed by atoms with van der Waals surface area (Å²) in [5, 5.41) is 6.85. The zero-order chi connectivity index (χ0) is 20.1. The van der Waals surface area contributed by atoms with E-state index in [0.29, 0.717) is 5.56 Å². The SMILES string of the molecule is CC(=O)Nc1ccc(-n2c(C)cc(/C=N/NC(=O)c3ccccc3)c2C)cc1. The van der Waals surface area contributed by atoms with Crippen molar-refractivity contribution in [3.05, 3.63) is 83.2 Å². The van der Waals surface area contributed by atoms with Gasteiger partial charge in [0.25, 0.3) is 5.91 Å². The predicted molar refractivity (Wildman–Crippen MR) is 111 cm³/mol. The van der Waals surface area contributed by atoms with Crippen molar-refractivity contribution < 1.29 is 9.59 Å². The number of amides is 2. The second kappa shape index (κ2) is 8.35. The van der Waals surface area contributed by atoms with Gasteiger partial charge in [0.05, 0.1) is 6.21 Å². The Morgan fingerprint density at radius 1 is 1.00 bits per heavy atom. The third-order valence-corrected chi connectivity index (χ3v) is 4.32. The normalized spacial score (nSPS) is 10.8. The van der Waals surface area contributed by atoms with Crippen molar-refractivity contribution in [2.75, 3.05) is 5.32 Å². The van der Waals surface area contributed by atoms with Crippen molar-refractivity contribution in [3.8, 4) is 5.69 Å². The number of rotatable bonds is 5. The van der Waals surface area contributed by atoms with Crippen molar-refractivity contribution in [1.82, 2.24) is 9.99 Å². The van der Waals surface area contributed by atoms with E-state index in [1.165, 1.54) is 6.92 Å². The van der Waals surface area contributed by atoms with E-state index in [2.05, 4.69) is 20.4 Å². The lowest BCUT2D eigenvalue weighted by atomic mass is 10.2. The van der Waals surface area contributed by atoms with Crippen LogP contribution in [0.5, 0.6) is 0 Å². The van der Waals surface area contributed by atoms with Gasteiger partial charge in [-0.2, -0.15) is 5.10 Å². The molecule has 0 aliphatic carbocycles. The molecule has 0 spiro atoms. The molecule has 2 N–H and O–H groups in total. The molecule has 3 aromatic rings. The molecule has 3 rings (SSSR count). The van der Waals surface area contributed by atoms with Gasteiger partial charge in [0.15, 0.2) is 0 Å². The Balaban J connectivity index is 1.76. The fourth-order valence-corrected chi connectivity index (χ4v) is 3.03. The molecule has 0 unspecified atom stereocenters. The molecule has 6 nitrogen and oxygen atoms in total. The zero-order valence-corrected chi connectivity index (χ0v) is 16.1. The first-order valence-corrected chi connectivity index (χ1v) is 8.91. The van der Waals surface area contributed by atoms with E-state index in [1.807, 2.05) is 62.4 Å². The number of nitrogens with one attached hydrogen (secondary N) is 2. The van der Waals surface area contributed by atoms with Crippen LogP contribution >= 0.6 is 0 Å². The molecular weight excluding hydrogens is 352 g/mol. The van der Waals surface area contributed by atoms with E-state index in [1.54, 1.807) is 18.3 Å². The summed E-state index contributed by atoms with van der Waals surface area (Å²) < 4.78 is 2.10.